The second-order valence-corrected chi connectivity index (χ2v) is 18.1. The largest absolute Gasteiger partial charge is 0.307 e. The Kier molecular flexibility index (Phi) is 6.87. The Morgan fingerprint density at radius 2 is 0.918 bits per heavy atom. The maximum atomic E-state index is 5.45. The predicted molar refractivity (Wildman–Crippen MR) is 263 cm³/mol. The van der Waals surface area contributed by atoms with Crippen LogP contribution in [0.15, 0.2) is 188 Å². The van der Waals surface area contributed by atoms with E-state index in [2.05, 4.69) is 193 Å². The molecule has 14 aromatic rings. The normalized spacial score (nSPS) is 12.3. The van der Waals surface area contributed by atoms with Gasteiger partial charge in [-0.2, -0.15) is 0 Å². The molecule has 61 heavy (non-hydrogen) atoms. The lowest BCUT2D eigenvalue weighted by Crippen LogP contribution is -1.97. The Bertz CT molecular complexity index is 4170. The standard InChI is InChI=1S/C56H31N3S2/c1-3-13-38-32(11-1)21-22-34-23-24-36(31-45(34)38)50-55-51(43-18-8-10-20-47(43)61-55)58-56(57-50)35-25-28-37(29-26-35)59-52-39-14-4-2-12-33(39)27-30-44(52)48-40-15-5-6-16-41(40)49-42-17-7-9-19-46(42)60-54(49)53(48)59/h1-31H. The fourth-order valence-electron chi connectivity index (χ4n) is 10.0. The predicted octanol–water partition coefficient (Wildman–Crippen LogP) is 16.3. The molecule has 0 unspecified atom stereocenters. The highest BCUT2D eigenvalue weighted by Crippen LogP contribution is 2.49. The van der Waals surface area contributed by atoms with Crippen LogP contribution in [0.4, 0.5) is 0 Å². The lowest BCUT2D eigenvalue weighted by Gasteiger charge is -2.13. The summed E-state index contributed by atoms with van der Waals surface area (Å²) in [6, 6.07) is 68.7. The summed E-state index contributed by atoms with van der Waals surface area (Å²) in [7, 11) is 0. The number of fused-ring (bicyclic) bond motifs is 18. The average Bonchev–Trinajstić information content (AvgIpc) is 4.02. The first-order valence-electron chi connectivity index (χ1n) is 20.6. The quantitative estimate of drug-likeness (QED) is 0.166. The van der Waals surface area contributed by atoms with Crippen LogP contribution >= 0.6 is 22.7 Å². The molecule has 0 atom stereocenters. The van der Waals surface area contributed by atoms with E-state index in [1.165, 1.54) is 89.8 Å². The van der Waals surface area contributed by atoms with Crippen molar-refractivity contribution in [2.45, 2.75) is 0 Å². The molecule has 3 nitrogen and oxygen atoms in total. The minimum atomic E-state index is 0.723. The molecule has 0 fully saturated rings. The minimum Gasteiger partial charge on any atom is -0.307 e. The van der Waals surface area contributed by atoms with Gasteiger partial charge in [0.1, 0.15) is 0 Å². The molecule has 0 radical (unpaired) electrons. The Morgan fingerprint density at radius 1 is 0.361 bits per heavy atom. The number of thiophene rings is 2. The first-order chi connectivity index (χ1) is 30.2. The SMILES string of the molecule is c1ccc2c(c1)ccc1ccc(-c3nc(-c4ccc(-n5c6c7ccccc7ccc6c6c7ccccc7c7c8ccccc8sc7c65)cc4)nc4c3sc3ccccc34)cc12. The third-order valence-electron chi connectivity index (χ3n) is 12.8. The molecular weight excluding hydrogens is 779 g/mol. The fraction of sp³-hybridized carbons (Fsp3) is 0. The van der Waals surface area contributed by atoms with Crippen molar-refractivity contribution in [3.8, 4) is 28.3 Å². The second kappa shape index (κ2) is 12.5. The number of hydrogen-bond acceptors (Lipinski definition) is 4. The van der Waals surface area contributed by atoms with Crippen LogP contribution in [0.5, 0.6) is 0 Å². The van der Waals surface area contributed by atoms with Crippen molar-refractivity contribution < 1.29 is 0 Å². The summed E-state index contributed by atoms with van der Waals surface area (Å²) in [6.45, 7) is 0. The molecular formula is C56H31N3S2. The van der Waals surface area contributed by atoms with Crippen LogP contribution in [0.1, 0.15) is 0 Å². The van der Waals surface area contributed by atoms with Crippen LogP contribution in [-0.2, 0) is 0 Å². The molecule has 282 valence electrons. The van der Waals surface area contributed by atoms with E-state index in [-0.39, 0.29) is 0 Å². The van der Waals surface area contributed by atoms with Gasteiger partial charge in [0.25, 0.3) is 0 Å². The third kappa shape index (κ3) is 4.73. The molecule has 0 aliphatic rings. The van der Waals surface area contributed by atoms with Gasteiger partial charge in [0.05, 0.1) is 31.6 Å². The summed E-state index contributed by atoms with van der Waals surface area (Å²) >= 11 is 3.67. The van der Waals surface area contributed by atoms with Gasteiger partial charge in [0.15, 0.2) is 5.82 Å². The second-order valence-electron chi connectivity index (χ2n) is 16.0. The lowest BCUT2D eigenvalue weighted by molar-refractivity contribution is 1.19. The van der Waals surface area contributed by atoms with Gasteiger partial charge in [-0.25, -0.2) is 9.97 Å². The average molecular weight is 810 g/mol. The molecule has 4 heterocycles. The number of aromatic nitrogens is 3. The summed E-state index contributed by atoms with van der Waals surface area (Å²) in [5, 5.41) is 16.3. The summed E-state index contributed by atoms with van der Waals surface area (Å²) in [6.07, 6.45) is 0. The topological polar surface area (TPSA) is 30.7 Å². The van der Waals surface area contributed by atoms with Gasteiger partial charge in [-0.05, 0) is 80.2 Å². The van der Waals surface area contributed by atoms with E-state index >= 15 is 0 Å². The Morgan fingerprint density at radius 3 is 1.70 bits per heavy atom. The van der Waals surface area contributed by atoms with Crippen molar-refractivity contribution in [1.29, 1.82) is 0 Å². The van der Waals surface area contributed by atoms with E-state index in [1.54, 1.807) is 11.3 Å². The fourth-order valence-corrected chi connectivity index (χ4v) is 12.4. The number of benzene rings is 10. The van der Waals surface area contributed by atoms with E-state index in [0.29, 0.717) is 0 Å². The summed E-state index contributed by atoms with van der Waals surface area (Å²) in [5.41, 5.74) is 7.63. The smallest absolute Gasteiger partial charge is 0.160 e. The zero-order chi connectivity index (χ0) is 39.8. The van der Waals surface area contributed by atoms with Gasteiger partial charge < -0.3 is 4.57 Å². The molecule has 0 spiro atoms. The number of nitrogens with zero attached hydrogens (tertiary/aromatic N) is 3. The van der Waals surface area contributed by atoms with Crippen molar-refractivity contribution in [2.75, 3.05) is 0 Å². The number of hydrogen-bond donors (Lipinski definition) is 0. The van der Waals surface area contributed by atoms with Crippen molar-refractivity contribution >= 4 is 128 Å². The molecule has 0 aliphatic heterocycles. The van der Waals surface area contributed by atoms with Gasteiger partial charge in [-0.15, -0.1) is 22.7 Å². The number of rotatable bonds is 3. The van der Waals surface area contributed by atoms with Crippen LogP contribution in [0.25, 0.3) is 134 Å². The minimum absolute atomic E-state index is 0.723. The van der Waals surface area contributed by atoms with Crippen molar-refractivity contribution in [1.82, 2.24) is 14.5 Å². The van der Waals surface area contributed by atoms with E-state index < -0.39 is 0 Å². The van der Waals surface area contributed by atoms with Crippen LogP contribution in [0, 0.1) is 0 Å². The third-order valence-corrected chi connectivity index (χ3v) is 15.1. The first kappa shape index (κ1) is 33.4. The monoisotopic (exact) mass is 809 g/mol. The van der Waals surface area contributed by atoms with Gasteiger partial charge in [0, 0.05) is 58.5 Å². The summed E-state index contributed by atoms with van der Waals surface area (Å²) in [4.78, 5) is 10.8. The van der Waals surface area contributed by atoms with Crippen LogP contribution < -0.4 is 0 Å². The molecule has 10 aromatic carbocycles. The summed E-state index contributed by atoms with van der Waals surface area (Å²) in [5.74, 6) is 0.723. The zero-order valence-electron chi connectivity index (χ0n) is 32.6. The van der Waals surface area contributed by atoms with Gasteiger partial charge >= 0.3 is 0 Å². The van der Waals surface area contributed by atoms with Gasteiger partial charge in [-0.1, -0.05) is 146 Å². The van der Waals surface area contributed by atoms with Crippen molar-refractivity contribution in [3.63, 3.8) is 0 Å². The van der Waals surface area contributed by atoms with E-state index in [4.69, 9.17) is 9.97 Å². The van der Waals surface area contributed by atoms with E-state index in [1.807, 2.05) is 11.3 Å². The van der Waals surface area contributed by atoms with Crippen molar-refractivity contribution in [3.05, 3.63) is 188 Å². The molecule has 0 saturated heterocycles. The molecule has 0 aliphatic carbocycles. The van der Waals surface area contributed by atoms with Crippen molar-refractivity contribution in [2.24, 2.45) is 0 Å². The van der Waals surface area contributed by atoms with Gasteiger partial charge in [-0.3, -0.25) is 0 Å². The maximum Gasteiger partial charge on any atom is 0.160 e. The van der Waals surface area contributed by atoms with Crippen LogP contribution in [0.2, 0.25) is 0 Å². The Labute approximate surface area is 357 Å². The van der Waals surface area contributed by atoms with Crippen LogP contribution in [0.3, 0.4) is 0 Å². The molecule has 0 amide bonds. The highest BCUT2D eigenvalue weighted by molar-refractivity contribution is 7.27. The van der Waals surface area contributed by atoms with E-state index in [9.17, 15) is 0 Å². The molecule has 14 rings (SSSR count). The highest BCUT2D eigenvalue weighted by atomic mass is 32.1. The Balaban J connectivity index is 1.03. The Hall–Kier alpha value is -7.44. The molecule has 4 aromatic heterocycles. The highest BCUT2D eigenvalue weighted by Gasteiger charge is 2.24. The van der Waals surface area contributed by atoms with Gasteiger partial charge in [0.2, 0.25) is 0 Å². The molecule has 0 N–H and O–H groups in total. The molecule has 0 bridgehead atoms. The first-order valence-corrected chi connectivity index (χ1v) is 22.3. The van der Waals surface area contributed by atoms with Crippen LogP contribution in [-0.4, -0.2) is 14.5 Å². The summed E-state index contributed by atoms with van der Waals surface area (Å²) < 4.78 is 7.46. The molecule has 0 saturated carbocycles. The molecule has 5 heteroatoms. The maximum absolute atomic E-state index is 5.45. The zero-order valence-corrected chi connectivity index (χ0v) is 34.2. The van der Waals surface area contributed by atoms with E-state index in [0.717, 1.165) is 43.9 Å². The lowest BCUT2D eigenvalue weighted by atomic mass is 9.98.